The summed E-state index contributed by atoms with van der Waals surface area (Å²) >= 11 is 0. The van der Waals surface area contributed by atoms with Gasteiger partial charge >= 0.3 is 0 Å². The van der Waals surface area contributed by atoms with Crippen molar-refractivity contribution in [2.45, 2.75) is 26.2 Å². The SMILES string of the molecule is Cc1cc(-c2nc(C(=O)Nc3cc4cn(C)nc4nc3N3CCCCC3)co2)ccn1. The van der Waals surface area contributed by atoms with E-state index in [1.54, 1.807) is 16.9 Å². The number of aryl methyl sites for hydroxylation is 2. The van der Waals surface area contributed by atoms with E-state index in [2.05, 4.69) is 25.3 Å². The van der Waals surface area contributed by atoms with E-state index in [1.807, 2.05) is 32.3 Å². The lowest BCUT2D eigenvalue weighted by Crippen LogP contribution is -2.31. The zero-order valence-corrected chi connectivity index (χ0v) is 17.5. The van der Waals surface area contributed by atoms with Crippen LogP contribution in [0.5, 0.6) is 0 Å². The maximum Gasteiger partial charge on any atom is 0.277 e. The molecule has 1 aliphatic heterocycles. The van der Waals surface area contributed by atoms with Crippen LogP contribution < -0.4 is 10.2 Å². The summed E-state index contributed by atoms with van der Waals surface area (Å²) in [5.41, 5.74) is 3.15. The minimum absolute atomic E-state index is 0.209. The number of fused-ring (bicyclic) bond motifs is 1. The summed E-state index contributed by atoms with van der Waals surface area (Å²) in [6, 6.07) is 5.59. The third-order valence-corrected chi connectivity index (χ3v) is 5.37. The Bertz CT molecular complexity index is 1250. The van der Waals surface area contributed by atoms with Crippen molar-refractivity contribution in [3.8, 4) is 11.5 Å². The van der Waals surface area contributed by atoms with Crippen LogP contribution in [0.15, 0.2) is 41.3 Å². The van der Waals surface area contributed by atoms with Gasteiger partial charge in [-0.1, -0.05) is 0 Å². The Morgan fingerprint density at radius 3 is 2.81 bits per heavy atom. The van der Waals surface area contributed by atoms with E-state index >= 15 is 0 Å². The lowest BCUT2D eigenvalue weighted by molar-refractivity contribution is 0.102. The molecule has 9 heteroatoms. The number of hydrogen-bond acceptors (Lipinski definition) is 7. The highest BCUT2D eigenvalue weighted by Crippen LogP contribution is 2.30. The number of nitrogens with one attached hydrogen (secondary N) is 1. The summed E-state index contributed by atoms with van der Waals surface area (Å²) in [4.78, 5) is 28.5. The highest BCUT2D eigenvalue weighted by atomic mass is 16.3. The average molecular weight is 417 g/mol. The van der Waals surface area contributed by atoms with Crippen LogP contribution in [0.1, 0.15) is 35.4 Å². The van der Waals surface area contributed by atoms with Crippen LogP contribution in [0.2, 0.25) is 0 Å². The van der Waals surface area contributed by atoms with Crippen LogP contribution >= 0.6 is 0 Å². The van der Waals surface area contributed by atoms with Crippen molar-refractivity contribution in [3.63, 3.8) is 0 Å². The van der Waals surface area contributed by atoms with Crippen molar-refractivity contribution in [2.24, 2.45) is 7.05 Å². The summed E-state index contributed by atoms with van der Waals surface area (Å²) in [5.74, 6) is 0.782. The second-order valence-corrected chi connectivity index (χ2v) is 7.80. The molecule has 0 radical (unpaired) electrons. The second-order valence-electron chi connectivity index (χ2n) is 7.80. The molecule has 1 N–H and O–H groups in total. The first-order chi connectivity index (χ1) is 15.1. The number of anilines is 2. The van der Waals surface area contributed by atoms with Gasteiger partial charge in [-0.2, -0.15) is 5.10 Å². The largest absolute Gasteiger partial charge is 0.444 e. The van der Waals surface area contributed by atoms with Gasteiger partial charge in [0, 0.05) is 49.2 Å². The Morgan fingerprint density at radius 2 is 2.00 bits per heavy atom. The van der Waals surface area contributed by atoms with Crippen molar-refractivity contribution >= 4 is 28.4 Å². The molecule has 31 heavy (non-hydrogen) atoms. The van der Waals surface area contributed by atoms with Gasteiger partial charge in [-0.25, -0.2) is 9.97 Å². The van der Waals surface area contributed by atoms with Crippen LogP contribution in [0.25, 0.3) is 22.5 Å². The fourth-order valence-corrected chi connectivity index (χ4v) is 3.88. The zero-order valence-electron chi connectivity index (χ0n) is 17.5. The number of pyridine rings is 2. The van der Waals surface area contributed by atoms with Gasteiger partial charge in [-0.15, -0.1) is 0 Å². The molecule has 1 aliphatic rings. The number of carbonyl (C=O) groups excluding carboxylic acids is 1. The topological polar surface area (TPSA) is 102 Å². The number of nitrogens with zero attached hydrogens (tertiary/aromatic N) is 6. The first kappa shape index (κ1) is 19.2. The van der Waals surface area contributed by atoms with Gasteiger partial charge in [0.1, 0.15) is 6.26 Å². The maximum absolute atomic E-state index is 13.0. The molecule has 0 aliphatic carbocycles. The average Bonchev–Trinajstić information content (AvgIpc) is 3.40. The fourth-order valence-electron chi connectivity index (χ4n) is 3.88. The number of piperidine rings is 1. The molecule has 4 aromatic rings. The minimum Gasteiger partial charge on any atom is -0.444 e. The predicted molar refractivity (Wildman–Crippen MR) is 117 cm³/mol. The summed E-state index contributed by atoms with van der Waals surface area (Å²) < 4.78 is 7.27. The fraction of sp³-hybridized carbons (Fsp3) is 0.318. The number of oxazole rings is 1. The lowest BCUT2D eigenvalue weighted by Gasteiger charge is -2.29. The minimum atomic E-state index is -0.343. The molecule has 0 atom stereocenters. The summed E-state index contributed by atoms with van der Waals surface area (Å²) in [5, 5.41) is 8.28. The quantitative estimate of drug-likeness (QED) is 0.541. The van der Waals surface area contributed by atoms with E-state index in [1.165, 1.54) is 12.7 Å². The van der Waals surface area contributed by atoms with E-state index in [9.17, 15) is 4.79 Å². The first-order valence-corrected chi connectivity index (χ1v) is 10.4. The van der Waals surface area contributed by atoms with Crippen LogP contribution in [0.4, 0.5) is 11.5 Å². The van der Waals surface area contributed by atoms with Crippen LogP contribution in [-0.2, 0) is 7.05 Å². The van der Waals surface area contributed by atoms with Crippen LogP contribution in [0, 0.1) is 6.92 Å². The highest BCUT2D eigenvalue weighted by molar-refractivity contribution is 6.05. The molecule has 9 nitrogen and oxygen atoms in total. The monoisotopic (exact) mass is 417 g/mol. The number of amides is 1. The molecule has 5 rings (SSSR count). The smallest absolute Gasteiger partial charge is 0.277 e. The van der Waals surface area contributed by atoms with Gasteiger partial charge in [0.2, 0.25) is 5.89 Å². The molecule has 158 valence electrons. The lowest BCUT2D eigenvalue weighted by atomic mass is 10.1. The van der Waals surface area contributed by atoms with Gasteiger partial charge in [0.05, 0.1) is 5.69 Å². The van der Waals surface area contributed by atoms with E-state index < -0.39 is 0 Å². The van der Waals surface area contributed by atoms with Crippen molar-refractivity contribution < 1.29 is 9.21 Å². The summed E-state index contributed by atoms with van der Waals surface area (Å²) in [6.07, 6.45) is 8.37. The zero-order chi connectivity index (χ0) is 21.4. The first-order valence-electron chi connectivity index (χ1n) is 10.4. The molecule has 0 saturated carbocycles. The highest BCUT2D eigenvalue weighted by Gasteiger charge is 2.21. The number of aromatic nitrogens is 5. The molecule has 0 spiro atoms. The van der Waals surface area contributed by atoms with Gasteiger partial charge < -0.3 is 14.6 Å². The molecular weight excluding hydrogens is 394 g/mol. The third-order valence-electron chi connectivity index (χ3n) is 5.37. The molecule has 0 bridgehead atoms. The molecule has 5 heterocycles. The maximum atomic E-state index is 13.0. The Kier molecular flexibility index (Phi) is 4.85. The van der Waals surface area contributed by atoms with Crippen molar-refractivity contribution in [2.75, 3.05) is 23.3 Å². The Labute approximate surface area is 179 Å². The third kappa shape index (κ3) is 3.86. The van der Waals surface area contributed by atoms with Crippen LogP contribution in [-0.4, -0.2) is 43.7 Å². The summed E-state index contributed by atoms with van der Waals surface area (Å²) in [6.45, 7) is 3.71. The standard InChI is InChI=1S/C22H23N7O2/c1-14-10-15(6-7-23-14)22-25-18(13-31-22)21(30)24-17-11-16-12-28(2)27-19(16)26-20(17)29-8-4-3-5-9-29/h6-7,10-13H,3-5,8-9H2,1-2H3,(H,24,30). The van der Waals surface area contributed by atoms with E-state index in [0.29, 0.717) is 17.2 Å². The van der Waals surface area contributed by atoms with Crippen molar-refractivity contribution in [1.29, 1.82) is 0 Å². The van der Waals surface area contributed by atoms with E-state index in [0.717, 1.165) is 48.4 Å². The molecule has 1 saturated heterocycles. The van der Waals surface area contributed by atoms with Crippen molar-refractivity contribution in [3.05, 3.63) is 48.2 Å². The number of rotatable bonds is 4. The summed E-state index contributed by atoms with van der Waals surface area (Å²) in [7, 11) is 1.86. The van der Waals surface area contributed by atoms with Crippen molar-refractivity contribution in [1.82, 2.24) is 24.7 Å². The Balaban J connectivity index is 1.46. The van der Waals surface area contributed by atoms with Gasteiger partial charge in [0.15, 0.2) is 17.2 Å². The van der Waals surface area contributed by atoms with Gasteiger partial charge in [-0.3, -0.25) is 14.5 Å². The molecule has 1 fully saturated rings. The Morgan fingerprint density at radius 1 is 1.16 bits per heavy atom. The number of hydrogen-bond donors (Lipinski definition) is 1. The predicted octanol–water partition coefficient (Wildman–Crippen LogP) is 3.57. The molecule has 1 amide bonds. The normalized spacial score (nSPS) is 14.2. The second kappa shape index (κ2) is 7.82. The van der Waals surface area contributed by atoms with Gasteiger partial charge in [0.25, 0.3) is 5.91 Å². The number of carbonyl (C=O) groups is 1. The molecule has 4 aromatic heterocycles. The van der Waals surface area contributed by atoms with E-state index in [-0.39, 0.29) is 11.6 Å². The van der Waals surface area contributed by atoms with Gasteiger partial charge in [-0.05, 0) is 44.4 Å². The van der Waals surface area contributed by atoms with E-state index in [4.69, 9.17) is 9.40 Å². The Hall–Kier alpha value is -3.75. The van der Waals surface area contributed by atoms with Crippen LogP contribution in [0.3, 0.4) is 0 Å². The molecular formula is C22H23N7O2. The molecule has 0 unspecified atom stereocenters. The molecule has 0 aromatic carbocycles.